The average Bonchev–Trinajstić information content (AvgIpc) is 3.12. The summed E-state index contributed by atoms with van der Waals surface area (Å²) >= 11 is 1.66. The lowest BCUT2D eigenvalue weighted by Crippen LogP contribution is -2.45. The number of thiophene rings is 1. The molecular formula is C18H26N2O2S. The van der Waals surface area contributed by atoms with E-state index in [9.17, 15) is 9.59 Å². The minimum atomic E-state index is -0.276. The quantitative estimate of drug-likeness (QED) is 0.834. The molecule has 1 fully saturated rings. The number of likely N-dealkylation sites (tertiary alicyclic amines) is 1. The summed E-state index contributed by atoms with van der Waals surface area (Å²) in [5.74, 6) is 0.102. The highest BCUT2D eigenvalue weighted by Gasteiger charge is 2.36. The highest BCUT2D eigenvalue weighted by Crippen LogP contribution is 2.31. The Hall–Kier alpha value is -1.36. The van der Waals surface area contributed by atoms with E-state index in [0.717, 1.165) is 30.6 Å². The molecule has 0 bridgehead atoms. The zero-order valence-corrected chi connectivity index (χ0v) is 15.0. The monoisotopic (exact) mass is 334 g/mol. The van der Waals surface area contributed by atoms with Gasteiger partial charge in [0.15, 0.2) is 0 Å². The molecule has 2 aliphatic rings. The van der Waals surface area contributed by atoms with Crippen LogP contribution < -0.4 is 0 Å². The lowest BCUT2D eigenvalue weighted by atomic mass is 10.00. The molecule has 2 heterocycles. The Morgan fingerprint density at radius 2 is 1.87 bits per heavy atom. The van der Waals surface area contributed by atoms with Gasteiger partial charge in [0.1, 0.15) is 6.04 Å². The largest absolute Gasteiger partial charge is 0.347 e. The number of aryl methyl sites for hydroxylation is 2. The number of hydrogen-bond donors (Lipinski definition) is 0. The number of likely N-dealkylation sites (N-methyl/N-ethyl adjacent to an activating group) is 1. The molecule has 0 spiro atoms. The maximum atomic E-state index is 12.9. The first-order valence-corrected chi connectivity index (χ1v) is 9.53. The van der Waals surface area contributed by atoms with Gasteiger partial charge in [-0.1, -0.05) is 12.8 Å². The molecule has 0 radical (unpaired) electrons. The van der Waals surface area contributed by atoms with E-state index >= 15 is 0 Å². The van der Waals surface area contributed by atoms with Crippen molar-refractivity contribution in [2.75, 3.05) is 20.6 Å². The zero-order valence-electron chi connectivity index (χ0n) is 14.1. The van der Waals surface area contributed by atoms with E-state index < -0.39 is 0 Å². The second kappa shape index (κ2) is 7.04. The maximum Gasteiger partial charge on any atom is 0.264 e. The molecule has 0 aromatic carbocycles. The van der Waals surface area contributed by atoms with Gasteiger partial charge in [0.2, 0.25) is 5.91 Å². The minimum absolute atomic E-state index is 0.0470. The van der Waals surface area contributed by atoms with Crippen LogP contribution in [0.4, 0.5) is 0 Å². The number of fused-ring (bicyclic) bond motifs is 1. The predicted octanol–water partition coefficient (Wildman–Crippen LogP) is 3.10. The molecule has 1 aliphatic heterocycles. The topological polar surface area (TPSA) is 40.6 Å². The van der Waals surface area contributed by atoms with Crippen molar-refractivity contribution in [1.82, 2.24) is 9.80 Å². The number of carbonyl (C=O) groups excluding carboxylic acids is 2. The first-order chi connectivity index (χ1) is 11.1. The first-order valence-electron chi connectivity index (χ1n) is 8.71. The van der Waals surface area contributed by atoms with Crippen molar-refractivity contribution in [2.24, 2.45) is 0 Å². The van der Waals surface area contributed by atoms with Crippen LogP contribution in [0.3, 0.4) is 0 Å². The van der Waals surface area contributed by atoms with Crippen LogP contribution in [0, 0.1) is 0 Å². The molecule has 1 aromatic rings. The molecule has 1 unspecified atom stereocenters. The minimum Gasteiger partial charge on any atom is -0.347 e. The first kappa shape index (κ1) is 16.5. The van der Waals surface area contributed by atoms with Crippen LogP contribution in [-0.2, 0) is 17.6 Å². The summed E-state index contributed by atoms with van der Waals surface area (Å²) in [4.78, 5) is 30.9. The maximum absolute atomic E-state index is 12.9. The van der Waals surface area contributed by atoms with Gasteiger partial charge in [-0.25, -0.2) is 0 Å². The molecular weight excluding hydrogens is 308 g/mol. The van der Waals surface area contributed by atoms with Crippen LogP contribution in [0.25, 0.3) is 0 Å². The molecule has 1 atom stereocenters. The van der Waals surface area contributed by atoms with Crippen LogP contribution in [0.2, 0.25) is 0 Å². The van der Waals surface area contributed by atoms with Crippen LogP contribution in [0.15, 0.2) is 6.07 Å². The van der Waals surface area contributed by atoms with Crippen molar-refractivity contribution in [3.63, 3.8) is 0 Å². The number of amides is 2. The number of rotatable bonds is 2. The Labute approximate surface area is 142 Å². The Balaban J connectivity index is 1.79. The van der Waals surface area contributed by atoms with Crippen LogP contribution in [0.1, 0.15) is 58.6 Å². The van der Waals surface area contributed by atoms with Gasteiger partial charge in [-0.2, -0.15) is 0 Å². The highest BCUT2D eigenvalue weighted by atomic mass is 32.1. The second-order valence-electron chi connectivity index (χ2n) is 6.86. The van der Waals surface area contributed by atoms with Gasteiger partial charge < -0.3 is 9.80 Å². The molecule has 1 aliphatic carbocycles. The molecule has 23 heavy (non-hydrogen) atoms. The summed E-state index contributed by atoms with van der Waals surface area (Å²) in [5, 5.41) is 0. The third-order valence-corrected chi connectivity index (χ3v) is 6.17. The van der Waals surface area contributed by atoms with Gasteiger partial charge in [0, 0.05) is 25.5 Å². The molecule has 4 nitrogen and oxygen atoms in total. The molecule has 1 aromatic heterocycles. The Kier molecular flexibility index (Phi) is 5.05. The smallest absolute Gasteiger partial charge is 0.264 e. The summed E-state index contributed by atoms with van der Waals surface area (Å²) in [6.07, 6.45) is 8.95. The molecule has 5 heteroatoms. The van der Waals surface area contributed by atoms with E-state index in [1.807, 2.05) is 0 Å². The van der Waals surface area contributed by atoms with Crippen molar-refractivity contribution in [1.29, 1.82) is 0 Å². The fraction of sp³-hybridized carbons (Fsp3) is 0.667. The molecule has 3 rings (SSSR count). The van der Waals surface area contributed by atoms with Crippen molar-refractivity contribution >= 4 is 23.2 Å². The molecule has 2 amide bonds. The summed E-state index contributed by atoms with van der Waals surface area (Å²) in [6.45, 7) is 0.700. The number of carbonyl (C=O) groups is 2. The molecule has 126 valence electrons. The van der Waals surface area contributed by atoms with Crippen molar-refractivity contribution in [2.45, 2.75) is 57.4 Å². The molecule has 1 saturated heterocycles. The summed E-state index contributed by atoms with van der Waals surface area (Å²) in [6, 6.07) is 1.82. The van der Waals surface area contributed by atoms with E-state index in [4.69, 9.17) is 0 Å². The van der Waals surface area contributed by atoms with E-state index in [2.05, 4.69) is 6.07 Å². The van der Waals surface area contributed by atoms with Gasteiger partial charge in [-0.3, -0.25) is 9.59 Å². The van der Waals surface area contributed by atoms with Crippen molar-refractivity contribution < 1.29 is 9.59 Å². The van der Waals surface area contributed by atoms with E-state index in [1.54, 1.807) is 35.2 Å². The SMILES string of the molecule is CN(C)C(=O)C1CCCN1C(=O)c1cc2c(s1)CCCCCC2. The van der Waals surface area contributed by atoms with Crippen LogP contribution in [0.5, 0.6) is 0 Å². The Bertz CT molecular complexity index is 568. The lowest BCUT2D eigenvalue weighted by molar-refractivity contribution is -0.132. The predicted molar refractivity (Wildman–Crippen MR) is 92.9 cm³/mol. The van der Waals surface area contributed by atoms with Crippen molar-refractivity contribution in [3.8, 4) is 0 Å². The van der Waals surface area contributed by atoms with Gasteiger partial charge in [-0.15, -0.1) is 11.3 Å². The van der Waals surface area contributed by atoms with Gasteiger partial charge in [0.05, 0.1) is 4.88 Å². The van der Waals surface area contributed by atoms with Crippen LogP contribution >= 0.6 is 11.3 Å². The third kappa shape index (κ3) is 3.44. The Morgan fingerprint density at radius 3 is 2.61 bits per heavy atom. The van der Waals surface area contributed by atoms with Gasteiger partial charge >= 0.3 is 0 Å². The third-order valence-electron chi connectivity index (χ3n) is 4.95. The van der Waals surface area contributed by atoms with E-state index in [1.165, 1.54) is 36.1 Å². The highest BCUT2D eigenvalue weighted by molar-refractivity contribution is 7.14. The number of nitrogens with zero attached hydrogens (tertiary/aromatic N) is 2. The fourth-order valence-electron chi connectivity index (χ4n) is 3.66. The lowest BCUT2D eigenvalue weighted by Gasteiger charge is -2.25. The molecule has 0 N–H and O–H groups in total. The van der Waals surface area contributed by atoms with Gasteiger partial charge in [0.25, 0.3) is 5.91 Å². The summed E-state index contributed by atoms with van der Waals surface area (Å²) < 4.78 is 0. The Morgan fingerprint density at radius 1 is 1.13 bits per heavy atom. The fourth-order valence-corrected chi connectivity index (χ4v) is 4.87. The normalized spacial score (nSPS) is 21.5. The average molecular weight is 334 g/mol. The van der Waals surface area contributed by atoms with Crippen LogP contribution in [-0.4, -0.2) is 48.3 Å². The van der Waals surface area contributed by atoms with E-state index in [-0.39, 0.29) is 17.9 Å². The second-order valence-corrected chi connectivity index (χ2v) is 8.00. The zero-order chi connectivity index (χ0) is 16.4. The molecule has 0 saturated carbocycles. The summed E-state index contributed by atoms with van der Waals surface area (Å²) in [7, 11) is 3.53. The number of hydrogen-bond acceptors (Lipinski definition) is 3. The standard InChI is InChI=1S/C18H26N2O2S/c1-19(2)17(21)14-9-7-11-20(14)18(22)16-12-13-8-5-3-4-6-10-15(13)23-16/h12,14H,3-11H2,1-2H3. The van der Waals surface area contributed by atoms with Gasteiger partial charge in [-0.05, 0) is 50.2 Å². The van der Waals surface area contributed by atoms with E-state index in [0.29, 0.717) is 6.54 Å². The van der Waals surface area contributed by atoms with Crippen molar-refractivity contribution in [3.05, 3.63) is 21.4 Å². The summed E-state index contributed by atoms with van der Waals surface area (Å²) in [5.41, 5.74) is 1.37.